The number of methoxy groups -OCH3 is 1. The number of benzene rings is 2. The summed E-state index contributed by atoms with van der Waals surface area (Å²) in [5.74, 6) is 2.29. The maximum Gasteiger partial charge on any atom is 0.225 e. The average Bonchev–Trinajstić information content (AvgIpc) is 2.66. The summed E-state index contributed by atoms with van der Waals surface area (Å²) >= 11 is 0. The Bertz CT molecular complexity index is 704. The van der Waals surface area contributed by atoms with Crippen LogP contribution in [0.2, 0.25) is 0 Å². The molecule has 0 spiro atoms. The zero-order valence-corrected chi connectivity index (χ0v) is 16.2. The van der Waals surface area contributed by atoms with E-state index in [4.69, 9.17) is 14.2 Å². The molecule has 0 aliphatic heterocycles. The molecule has 0 fully saturated rings. The van der Waals surface area contributed by atoms with Crippen LogP contribution in [0.3, 0.4) is 0 Å². The van der Waals surface area contributed by atoms with Crippen LogP contribution in [0.15, 0.2) is 48.5 Å². The second-order valence-corrected chi connectivity index (χ2v) is 6.09. The fourth-order valence-electron chi connectivity index (χ4n) is 2.54. The van der Waals surface area contributed by atoms with Crippen molar-refractivity contribution in [1.29, 1.82) is 0 Å². The van der Waals surface area contributed by atoms with Crippen LogP contribution in [0, 0.1) is 0 Å². The molecule has 146 valence electrons. The predicted molar refractivity (Wildman–Crippen MR) is 107 cm³/mol. The minimum absolute atomic E-state index is 0.0412. The van der Waals surface area contributed by atoms with Gasteiger partial charge < -0.3 is 24.8 Å². The molecule has 0 bridgehead atoms. The number of anilines is 1. The van der Waals surface area contributed by atoms with E-state index in [1.807, 2.05) is 56.3 Å². The Hall–Kier alpha value is -2.73. The van der Waals surface area contributed by atoms with Crippen LogP contribution in [0.5, 0.6) is 17.2 Å². The highest BCUT2D eigenvalue weighted by atomic mass is 16.5. The van der Waals surface area contributed by atoms with Crippen LogP contribution in [-0.2, 0) is 4.79 Å². The van der Waals surface area contributed by atoms with Crippen molar-refractivity contribution in [3.05, 3.63) is 48.5 Å². The van der Waals surface area contributed by atoms with Crippen molar-refractivity contribution in [3.8, 4) is 17.2 Å². The Labute approximate surface area is 160 Å². The molecule has 0 radical (unpaired) electrons. The molecule has 27 heavy (non-hydrogen) atoms. The van der Waals surface area contributed by atoms with Crippen LogP contribution < -0.4 is 24.8 Å². The first kappa shape index (κ1) is 20.6. The van der Waals surface area contributed by atoms with Crippen molar-refractivity contribution in [3.63, 3.8) is 0 Å². The van der Waals surface area contributed by atoms with Crippen molar-refractivity contribution in [2.24, 2.45) is 0 Å². The lowest BCUT2D eigenvalue weighted by Gasteiger charge is -2.14. The van der Waals surface area contributed by atoms with Crippen LogP contribution >= 0.6 is 0 Å². The van der Waals surface area contributed by atoms with E-state index in [1.165, 1.54) is 0 Å². The van der Waals surface area contributed by atoms with E-state index in [2.05, 4.69) is 10.6 Å². The maximum absolute atomic E-state index is 12.1. The van der Waals surface area contributed by atoms with Crippen molar-refractivity contribution in [1.82, 2.24) is 5.32 Å². The van der Waals surface area contributed by atoms with Crippen molar-refractivity contribution in [2.75, 3.05) is 32.2 Å². The van der Waals surface area contributed by atoms with E-state index in [-0.39, 0.29) is 11.9 Å². The number of carbonyl (C=O) groups is 1. The maximum atomic E-state index is 12.1. The minimum Gasteiger partial charge on any atom is -0.497 e. The molecule has 0 saturated carbocycles. The van der Waals surface area contributed by atoms with E-state index in [1.54, 1.807) is 13.2 Å². The first-order valence-corrected chi connectivity index (χ1v) is 9.13. The molecule has 2 N–H and O–H groups in total. The zero-order chi connectivity index (χ0) is 19.5. The third kappa shape index (κ3) is 7.58. The summed E-state index contributed by atoms with van der Waals surface area (Å²) in [7, 11) is 1.60. The molecule has 2 rings (SSSR count). The van der Waals surface area contributed by atoms with Crippen LogP contribution in [-0.4, -0.2) is 38.8 Å². The molecule has 6 nitrogen and oxygen atoms in total. The lowest BCUT2D eigenvalue weighted by Crippen LogP contribution is -2.33. The van der Waals surface area contributed by atoms with Gasteiger partial charge in [0.2, 0.25) is 5.91 Å². The number of carbonyl (C=O) groups excluding carboxylic acids is 1. The second-order valence-electron chi connectivity index (χ2n) is 6.09. The van der Waals surface area contributed by atoms with E-state index in [0.717, 1.165) is 17.2 Å². The SMILES string of the molecule is CCOc1ccc(OCCN[C@H](C)CC(=O)Nc2cccc(OC)c2)cc1. The Balaban J connectivity index is 1.65. The lowest BCUT2D eigenvalue weighted by atomic mass is 10.2. The van der Waals surface area contributed by atoms with E-state index >= 15 is 0 Å². The van der Waals surface area contributed by atoms with Gasteiger partial charge in [-0.1, -0.05) is 6.07 Å². The summed E-state index contributed by atoms with van der Waals surface area (Å²) in [6, 6.07) is 14.9. The predicted octanol–water partition coefficient (Wildman–Crippen LogP) is 3.48. The van der Waals surface area contributed by atoms with Gasteiger partial charge in [-0.05, 0) is 50.2 Å². The Morgan fingerprint density at radius 2 is 1.74 bits per heavy atom. The molecule has 0 aliphatic carbocycles. The third-order valence-electron chi connectivity index (χ3n) is 3.84. The number of rotatable bonds is 11. The second kappa shape index (κ2) is 11.1. The number of amides is 1. The normalized spacial score (nSPS) is 11.5. The summed E-state index contributed by atoms with van der Waals surface area (Å²) in [5, 5.41) is 6.17. The number of hydrogen-bond donors (Lipinski definition) is 2. The monoisotopic (exact) mass is 372 g/mol. The molecular formula is C21H28N2O4. The van der Waals surface area contributed by atoms with Gasteiger partial charge in [0.15, 0.2) is 0 Å². The lowest BCUT2D eigenvalue weighted by molar-refractivity contribution is -0.116. The van der Waals surface area contributed by atoms with Gasteiger partial charge in [0.25, 0.3) is 0 Å². The molecule has 0 unspecified atom stereocenters. The molecular weight excluding hydrogens is 344 g/mol. The van der Waals surface area contributed by atoms with Gasteiger partial charge in [-0.2, -0.15) is 0 Å². The van der Waals surface area contributed by atoms with Crippen LogP contribution in [0.1, 0.15) is 20.3 Å². The van der Waals surface area contributed by atoms with E-state index < -0.39 is 0 Å². The summed E-state index contributed by atoms with van der Waals surface area (Å²) in [6.45, 7) is 5.75. The third-order valence-corrected chi connectivity index (χ3v) is 3.84. The topological polar surface area (TPSA) is 68.8 Å². The summed E-state index contributed by atoms with van der Waals surface area (Å²) in [6.07, 6.45) is 0.375. The first-order chi connectivity index (χ1) is 13.1. The molecule has 0 saturated heterocycles. The minimum atomic E-state index is -0.0457. The molecule has 0 aliphatic rings. The van der Waals surface area contributed by atoms with Gasteiger partial charge in [-0.25, -0.2) is 0 Å². The van der Waals surface area contributed by atoms with Crippen molar-refractivity contribution < 1.29 is 19.0 Å². The zero-order valence-electron chi connectivity index (χ0n) is 16.2. The van der Waals surface area contributed by atoms with Gasteiger partial charge in [0, 0.05) is 30.8 Å². The quantitative estimate of drug-likeness (QED) is 0.591. The standard InChI is InChI=1S/C21H28N2O4/c1-4-26-18-8-10-19(11-9-18)27-13-12-22-16(2)14-21(24)23-17-6-5-7-20(15-17)25-3/h5-11,15-16,22H,4,12-14H2,1-3H3,(H,23,24)/t16-/m1/s1. The Morgan fingerprint density at radius 1 is 1.04 bits per heavy atom. The van der Waals surface area contributed by atoms with Crippen LogP contribution in [0.4, 0.5) is 5.69 Å². The van der Waals surface area contributed by atoms with Crippen molar-refractivity contribution in [2.45, 2.75) is 26.3 Å². The average molecular weight is 372 g/mol. The van der Waals surface area contributed by atoms with Gasteiger partial charge >= 0.3 is 0 Å². The largest absolute Gasteiger partial charge is 0.497 e. The number of hydrogen-bond acceptors (Lipinski definition) is 5. The highest BCUT2D eigenvalue weighted by Crippen LogP contribution is 2.18. The van der Waals surface area contributed by atoms with Gasteiger partial charge in [-0.3, -0.25) is 4.79 Å². The molecule has 2 aromatic carbocycles. The summed E-state index contributed by atoms with van der Waals surface area (Å²) in [5.41, 5.74) is 0.727. The Kier molecular flexibility index (Phi) is 8.45. The fraction of sp³-hybridized carbons (Fsp3) is 0.381. The van der Waals surface area contributed by atoms with E-state index in [0.29, 0.717) is 31.9 Å². The molecule has 0 heterocycles. The fourth-order valence-corrected chi connectivity index (χ4v) is 2.54. The highest BCUT2D eigenvalue weighted by Gasteiger charge is 2.09. The molecule has 2 aromatic rings. The molecule has 1 atom stereocenters. The summed E-state index contributed by atoms with van der Waals surface area (Å²) < 4.78 is 16.2. The Morgan fingerprint density at radius 3 is 2.41 bits per heavy atom. The molecule has 6 heteroatoms. The molecule has 1 amide bonds. The van der Waals surface area contributed by atoms with Gasteiger partial charge in [0.1, 0.15) is 23.9 Å². The number of nitrogens with one attached hydrogen (secondary N) is 2. The molecule has 0 aromatic heterocycles. The highest BCUT2D eigenvalue weighted by molar-refractivity contribution is 5.91. The van der Waals surface area contributed by atoms with Crippen LogP contribution in [0.25, 0.3) is 0 Å². The van der Waals surface area contributed by atoms with Gasteiger partial charge in [0.05, 0.1) is 13.7 Å². The summed E-state index contributed by atoms with van der Waals surface area (Å²) in [4.78, 5) is 12.1. The van der Waals surface area contributed by atoms with E-state index in [9.17, 15) is 4.79 Å². The number of ether oxygens (including phenoxy) is 3. The smallest absolute Gasteiger partial charge is 0.225 e. The van der Waals surface area contributed by atoms with Crippen molar-refractivity contribution >= 4 is 11.6 Å². The first-order valence-electron chi connectivity index (χ1n) is 9.13. The van der Waals surface area contributed by atoms with Gasteiger partial charge in [-0.15, -0.1) is 0 Å².